The zero-order valence-corrected chi connectivity index (χ0v) is 14.2. The number of nitrogens with zero attached hydrogens (tertiary/aromatic N) is 1. The van der Waals surface area contributed by atoms with Crippen molar-refractivity contribution < 1.29 is 9.59 Å². The summed E-state index contributed by atoms with van der Waals surface area (Å²) in [5.74, 6) is -0.0523. The average Bonchev–Trinajstić information content (AvgIpc) is 2.95. The molecule has 6 heteroatoms. The molecule has 0 spiro atoms. The van der Waals surface area contributed by atoms with Crippen LogP contribution < -0.4 is 5.32 Å². The van der Waals surface area contributed by atoms with E-state index in [1.807, 2.05) is 17.0 Å². The predicted octanol–water partition coefficient (Wildman–Crippen LogP) is 2.95. The zero-order chi connectivity index (χ0) is 14.5. The number of hydrogen-bond donors (Lipinski definition) is 1. The van der Waals surface area contributed by atoms with Gasteiger partial charge < -0.3 is 10.2 Å². The summed E-state index contributed by atoms with van der Waals surface area (Å²) in [7, 11) is 0. The standard InChI is InChI=1S/C14H16Br2N2O2/c15-10-3-4-12(16)11(9-10)14(20)17-6-5-13(19)18-7-1-2-8-18/h3-4,9H,1-2,5-8H2,(H,17,20). The van der Waals surface area contributed by atoms with Gasteiger partial charge in [-0.05, 0) is 47.0 Å². The van der Waals surface area contributed by atoms with Gasteiger partial charge in [-0.25, -0.2) is 0 Å². The highest BCUT2D eigenvalue weighted by molar-refractivity contribution is 9.11. The number of carbonyl (C=O) groups is 2. The van der Waals surface area contributed by atoms with E-state index in [0.717, 1.165) is 34.9 Å². The van der Waals surface area contributed by atoms with Crippen molar-refractivity contribution in [1.29, 1.82) is 0 Å². The summed E-state index contributed by atoms with van der Waals surface area (Å²) in [6, 6.07) is 5.42. The molecule has 0 bridgehead atoms. The molecule has 0 atom stereocenters. The lowest BCUT2D eigenvalue weighted by molar-refractivity contribution is -0.129. The molecule has 108 valence electrons. The Hall–Kier alpha value is -0.880. The molecule has 2 rings (SSSR count). The summed E-state index contributed by atoms with van der Waals surface area (Å²) in [5.41, 5.74) is 0.563. The van der Waals surface area contributed by atoms with Crippen molar-refractivity contribution in [3.63, 3.8) is 0 Å². The molecule has 1 fully saturated rings. The molecule has 1 aromatic carbocycles. The fraction of sp³-hybridized carbons (Fsp3) is 0.429. The van der Waals surface area contributed by atoms with E-state index in [2.05, 4.69) is 37.2 Å². The van der Waals surface area contributed by atoms with Crippen LogP contribution in [0.25, 0.3) is 0 Å². The largest absolute Gasteiger partial charge is 0.351 e. The van der Waals surface area contributed by atoms with E-state index in [9.17, 15) is 9.59 Å². The Morgan fingerprint density at radius 2 is 1.90 bits per heavy atom. The number of halogens is 2. The Morgan fingerprint density at radius 1 is 1.20 bits per heavy atom. The van der Waals surface area contributed by atoms with Crippen LogP contribution in [0.5, 0.6) is 0 Å². The molecule has 4 nitrogen and oxygen atoms in total. The third-order valence-corrected chi connectivity index (χ3v) is 4.44. The van der Waals surface area contributed by atoms with Gasteiger partial charge in [0.25, 0.3) is 5.91 Å². The SMILES string of the molecule is O=C(NCCC(=O)N1CCCC1)c1cc(Br)ccc1Br. The van der Waals surface area contributed by atoms with E-state index in [0.29, 0.717) is 18.5 Å². The van der Waals surface area contributed by atoms with Gasteiger partial charge in [-0.1, -0.05) is 15.9 Å². The van der Waals surface area contributed by atoms with Crippen LogP contribution in [-0.4, -0.2) is 36.3 Å². The molecule has 2 amide bonds. The first-order chi connectivity index (χ1) is 9.58. The zero-order valence-electron chi connectivity index (χ0n) is 11.0. The van der Waals surface area contributed by atoms with Crippen LogP contribution in [0, 0.1) is 0 Å². The Morgan fingerprint density at radius 3 is 2.60 bits per heavy atom. The summed E-state index contributed by atoms with van der Waals surface area (Å²) in [6.45, 7) is 2.07. The third kappa shape index (κ3) is 4.06. The van der Waals surface area contributed by atoms with Crippen molar-refractivity contribution in [2.75, 3.05) is 19.6 Å². The van der Waals surface area contributed by atoms with Crippen molar-refractivity contribution >= 4 is 43.7 Å². The van der Waals surface area contributed by atoms with Crippen LogP contribution >= 0.6 is 31.9 Å². The maximum Gasteiger partial charge on any atom is 0.252 e. The molecule has 1 heterocycles. The molecule has 1 aliphatic heterocycles. The van der Waals surface area contributed by atoms with E-state index >= 15 is 0 Å². The number of amides is 2. The van der Waals surface area contributed by atoms with Gasteiger partial charge in [0.15, 0.2) is 0 Å². The second-order valence-electron chi connectivity index (χ2n) is 4.72. The van der Waals surface area contributed by atoms with E-state index in [-0.39, 0.29) is 11.8 Å². The first kappa shape index (κ1) is 15.5. The summed E-state index contributed by atoms with van der Waals surface area (Å²) in [4.78, 5) is 25.7. The van der Waals surface area contributed by atoms with Gasteiger partial charge in [-0.3, -0.25) is 9.59 Å². The molecule has 0 aliphatic carbocycles. The molecule has 1 saturated heterocycles. The van der Waals surface area contributed by atoms with Crippen molar-refractivity contribution in [2.45, 2.75) is 19.3 Å². The molecule has 0 unspecified atom stereocenters. The molecule has 0 radical (unpaired) electrons. The maximum atomic E-state index is 12.0. The number of likely N-dealkylation sites (tertiary alicyclic amines) is 1. The monoisotopic (exact) mass is 402 g/mol. The Kier molecular flexibility index (Phi) is 5.60. The smallest absolute Gasteiger partial charge is 0.252 e. The fourth-order valence-electron chi connectivity index (χ4n) is 2.17. The van der Waals surface area contributed by atoms with Crippen LogP contribution in [-0.2, 0) is 4.79 Å². The highest BCUT2D eigenvalue weighted by atomic mass is 79.9. The molecular formula is C14H16Br2N2O2. The van der Waals surface area contributed by atoms with E-state index < -0.39 is 0 Å². The molecule has 1 aliphatic rings. The second kappa shape index (κ2) is 7.22. The maximum absolute atomic E-state index is 12.0. The number of nitrogens with one attached hydrogen (secondary N) is 1. The number of hydrogen-bond acceptors (Lipinski definition) is 2. The minimum absolute atomic E-state index is 0.121. The summed E-state index contributed by atoms with van der Waals surface area (Å²) in [5, 5.41) is 2.78. The summed E-state index contributed by atoms with van der Waals surface area (Å²) >= 11 is 6.69. The van der Waals surface area contributed by atoms with E-state index in [1.165, 1.54) is 0 Å². The summed E-state index contributed by atoms with van der Waals surface area (Å²) < 4.78 is 1.59. The first-order valence-corrected chi connectivity index (χ1v) is 8.17. The molecule has 20 heavy (non-hydrogen) atoms. The number of benzene rings is 1. The van der Waals surface area contributed by atoms with Crippen molar-refractivity contribution in [2.24, 2.45) is 0 Å². The van der Waals surface area contributed by atoms with Crippen molar-refractivity contribution in [1.82, 2.24) is 10.2 Å². The van der Waals surface area contributed by atoms with Crippen LogP contribution in [0.15, 0.2) is 27.1 Å². The second-order valence-corrected chi connectivity index (χ2v) is 6.49. The van der Waals surface area contributed by atoms with Gasteiger partial charge in [-0.2, -0.15) is 0 Å². The van der Waals surface area contributed by atoms with Gasteiger partial charge in [0.05, 0.1) is 5.56 Å². The van der Waals surface area contributed by atoms with E-state index in [4.69, 9.17) is 0 Å². The number of rotatable bonds is 4. The molecule has 1 aromatic rings. The lowest BCUT2D eigenvalue weighted by atomic mass is 10.2. The van der Waals surface area contributed by atoms with Gasteiger partial charge in [0, 0.05) is 35.0 Å². The first-order valence-electron chi connectivity index (χ1n) is 6.59. The molecule has 0 aromatic heterocycles. The topological polar surface area (TPSA) is 49.4 Å². The Labute approximate surface area is 135 Å². The lowest BCUT2D eigenvalue weighted by Crippen LogP contribution is -2.32. The van der Waals surface area contributed by atoms with Crippen LogP contribution in [0.2, 0.25) is 0 Å². The van der Waals surface area contributed by atoms with Gasteiger partial charge in [0.2, 0.25) is 5.91 Å². The lowest BCUT2D eigenvalue weighted by Gasteiger charge is -2.15. The third-order valence-electron chi connectivity index (χ3n) is 3.26. The van der Waals surface area contributed by atoms with E-state index in [1.54, 1.807) is 6.07 Å². The highest BCUT2D eigenvalue weighted by Gasteiger charge is 2.18. The average molecular weight is 404 g/mol. The number of carbonyl (C=O) groups excluding carboxylic acids is 2. The molecular weight excluding hydrogens is 388 g/mol. The Balaban J connectivity index is 1.83. The quantitative estimate of drug-likeness (QED) is 0.840. The van der Waals surface area contributed by atoms with Crippen LogP contribution in [0.3, 0.4) is 0 Å². The van der Waals surface area contributed by atoms with Crippen LogP contribution in [0.1, 0.15) is 29.6 Å². The molecule has 0 saturated carbocycles. The fourth-order valence-corrected chi connectivity index (χ4v) is 2.96. The van der Waals surface area contributed by atoms with Crippen molar-refractivity contribution in [3.05, 3.63) is 32.7 Å². The minimum Gasteiger partial charge on any atom is -0.351 e. The van der Waals surface area contributed by atoms with Gasteiger partial charge in [0.1, 0.15) is 0 Å². The Bertz CT molecular complexity index is 514. The molecule has 1 N–H and O–H groups in total. The van der Waals surface area contributed by atoms with Crippen molar-refractivity contribution in [3.8, 4) is 0 Å². The van der Waals surface area contributed by atoms with Crippen LogP contribution in [0.4, 0.5) is 0 Å². The van der Waals surface area contributed by atoms with Gasteiger partial charge >= 0.3 is 0 Å². The predicted molar refractivity (Wildman–Crippen MR) is 84.6 cm³/mol. The highest BCUT2D eigenvalue weighted by Crippen LogP contribution is 2.21. The normalized spacial score (nSPS) is 14.4. The minimum atomic E-state index is -0.174. The summed E-state index contributed by atoms with van der Waals surface area (Å²) in [6.07, 6.45) is 2.53. The van der Waals surface area contributed by atoms with Gasteiger partial charge in [-0.15, -0.1) is 0 Å².